The van der Waals surface area contributed by atoms with E-state index in [1.165, 1.54) is 13.2 Å². The third-order valence-electron chi connectivity index (χ3n) is 13.9. The van der Waals surface area contributed by atoms with Gasteiger partial charge in [-0.15, -0.1) is 0 Å². The van der Waals surface area contributed by atoms with Gasteiger partial charge in [0.25, 0.3) is 0 Å². The summed E-state index contributed by atoms with van der Waals surface area (Å²) in [4.78, 5) is 65.2. The van der Waals surface area contributed by atoms with Crippen LogP contribution in [0.1, 0.15) is 129 Å². The van der Waals surface area contributed by atoms with Crippen molar-refractivity contribution in [2.45, 2.75) is 153 Å². The monoisotopic (exact) mass is 754 g/mol. The largest absolute Gasteiger partial charge is 0.480 e. The fourth-order valence-corrected chi connectivity index (χ4v) is 11.4. The second-order valence-corrected chi connectivity index (χ2v) is 16.9. The molecule has 1 spiro atoms. The molecule has 6 rings (SSSR count). The molecule has 5 fully saturated rings. The molecule has 11 atom stereocenters. The first-order valence-corrected chi connectivity index (χ1v) is 19.9. The number of carboxylic acid groups (broad SMARTS) is 1. The average Bonchev–Trinajstić information content (AvgIpc) is 3.81. The summed E-state index contributed by atoms with van der Waals surface area (Å²) in [5, 5.41) is 12.0. The summed E-state index contributed by atoms with van der Waals surface area (Å²) in [5.41, 5.74) is 10.4. The highest BCUT2D eigenvalue weighted by atomic mass is 16.7. The van der Waals surface area contributed by atoms with Gasteiger partial charge in [0.1, 0.15) is 30.0 Å². The smallest absolute Gasteiger partial charge is 0.335 e. The van der Waals surface area contributed by atoms with E-state index < -0.39 is 29.3 Å². The predicted octanol–water partition coefficient (Wildman–Crippen LogP) is 4.31. The van der Waals surface area contributed by atoms with E-state index >= 15 is 0 Å². The molecule has 0 aromatic carbocycles. The van der Waals surface area contributed by atoms with E-state index in [0.717, 1.165) is 63.4 Å². The molecule has 1 amide bonds. The number of nitrogens with one attached hydrogen (secondary N) is 1. The van der Waals surface area contributed by atoms with Crippen molar-refractivity contribution >= 4 is 29.8 Å². The van der Waals surface area contributed by atoms with E-state index in [4.69, 9.17) is 30.1 Å². The zero-order chi connectivity index (χ0) is 38.8. The molecule has 1 aromatic rings. The van der Waals surface area contributed by atoms with Gasteiger partial charge in [-0.1, -0.05) is 26.7 Å². The third-order valence-corrected chi connectivity index (χ3v) is 13.9. The highest BCUT2D eigenvalue weighted by Crippen LogP contribution is 2.78. The van der Waals surface area contributed by atoms with Crippen molar-refractivity contribution in [1.29, 1.82) is 0 Å². The number of epoxide rings is 1. The topological polar surface area (TPSA) is 226 Å². The van der Waals surface area contributed by atoms with E-state index in [2.05, 4.69) is 24.2 Å². The standard InChI is InChI=1S/C40H58N4O10/c1-23(45)52-34-33(24-16-20-51-32(48)21-24)39(3)18-15-27-28(40(39)35(34)54-40)13-12-25-22-26(14-17-38(25,27)2)53-31(47)11-7-5-4-6-10-30(46)44-29(36(49)50)9-8-19-43-37(41)42/h16,20-21,25-29,33-35H,4-15,17-19,22H2,1-3H3,(H,44,46)(H,49,50)(H4,41,42,43)/t25-,26+,27?,28?,29?,33+,34-,35-,38+,39-,40-/m1/s1. The molecule has 54 heavy (non-hydrogen) atoms. The summed E-state index contributed by atoms with van der Waals surface area (Å²) in [6.07, 6.45) is 11.3. The van der Waals surface area contributed by atoms with Gasteiger partial charge in [0, 0.05) is 43.7 Å². The van der Waals surface area contributed by atoms with Gasteiger partial charge in [0.2, 0.25) is 5.91 Å². The number of aliphatic carboxylic acids is 1. The molecule has 298 valence electrons. The number of ether oxygens (including phenoxy) is 3. The maximum Gasteiger partial charge on any atom is 0.335 e. The van der Waals surface area contributed by atoms with E-state index in [9.17, 15) is 29.1 Å². The predicted molar refractivity (Wildman–Crippen MR) is 197 cm³/mol. The van der Waals surface area contributed by atoms with Crippen LogP contribution in [0.4, 0.5) is 0 Å². The molecular weight excluding hydrogens is 696 g/mol. The minimum absolute atomic E-state index is 0.0559. The highest BCUT2D eigenvalue weighted by molar-refractivity contribution is 5.83. The van der Waals surface area contributed by atoms with E-state index in [-0.39, 0.29) is 65.6 Å². The maximum absolute atomic E-state index is 12.9. The van der Waals surface area contributed by atoms with Crippen LogP contribution in [0.15, 0.2) is 32.6 Å². The molecule has 0 bridgehead atoms. The SMILES string of the molecule is CC(=O)O[C@H]1[C@H]2O[C@]23C2CC[C@@H]4C[C@@H](OC(=O)CCCCCCC(=O)NC(CCCN=C(N)N)C(=O)O)CC[C@]4(C)C2CC[C@]3(C)[C@H]1c1ccoc(=O)c1. The molecule has 5 aliphatic rings. The lowest BCUT2D eigenvalue weighted by molar-refractivity contribution is -0.168. The summed E-state index contributed by atoms with van der Waals surface area (Å²) in [5.74, 6) is -0.935. The zero-order valence-corrected chi connectivity index (χ0v) is 31.9. The molecular formula is C40H58N4O10. The van der Waals surface area contributed by atoms with Gasteiger partial charge < -0.3 is 40.5 Å². The van der Waals surface area contributed by atoms with Crippen LogP contribution >= 0.6 is 0 Å². The number of carbonyl (C=O) groups is 4. The number of nitrogens with zero attached hydrogens (tertiary/aromatic N) is 1. The number of nitrogens with two attached hydrogens (primary N) is 2. The third kappa shape index (κ3) is 7.77. The van der Waals surface area contributed by atoms with E-state index in [0.29, 0.717) is 50.0 Å². The number of rotatable bonds is 16. The van der Waals surface area contributed by atoms with Gasteiger partial charge in [0.05, 0.1) is 6.26 Å². The normalized spacial score (nSPS) is 35.2. The van der Waals surface area contributed by atoms with Crippen LogP contribution in [-0.4, -0.2) is 71.4 Å². The van der Waals surface area contributed by atoms with Crippen molar-refractivity contribution in [2.24, 2.45) is 45.0 Å². The summed E-state index contributed by atoms with van der Waals surface area (Å²) in [7, 11) is 0. The minimum atomic E-state index is -1.09. The lowest BCUT2D eigenvalue weighted by atomic mass is 9.44. The van der Waals surface area contributed by atoms with Crippen molar-refractivity contribution in [3.8, 4) is 0 Å². The highest BCUT2D eigenvalue weighted by Gasteiger charge is 2.84. The van der Waals surface area contributed by atoms with E-state index in [1.54, 1.807) is 6.07 Å². The molecule has 14 heteroatoms. The first-order valence-electron chi connectivity index (χ1n) is 19.9. The lowest BCUT2D eigenvalue weighted by Crippen LogP contribution is -2.58. The van der Waals surface area contributed by atoms with Crippen LogP contribution in [0.3, 0.4) is 0 Å². The number of fused-ring (bicyclic) bond motifs is 3. The van der Waals surface area contributed by atoms with Crippen LogP contribution in [0.2, 0.25) is 0 Å². The van der Waals surface area contributed by atoms with E-state index in [1.807, 2.05) is 6.07 Å². The van der Waals surface area contributed by atoms with Crippen LogP contribution in [0, 0.1) is 28.6 Å². The molecule has 14 nitrogen and oxygen atoms in total. The molecule has 4 saturated carbocycles. The van der Waals surface area contributed by atoms with Crippen LogP contribution in [0.5, 0.6) is 0 Å². The Balaban J connectivity index is 0.954. The van der Waals surface area contributed by atoms with Gasteiger partial charge >= 0.3 is 23.5 Å². The Kier molecular flexibility index (Phi) is 11.8. The maximum atomic E-state index is 12.9. The first-order chi connectivity index (χ1) is 25.7. The number of esters is 2. The Hall–Kier alpha value is -3.94. The Morgan fingerprint density at radius 1 is 1.00 bits per heavy atom. The number of aliphatic imine (C=N–C) groups is 1. The molecule has 0 radical (unpaired) electrons. The second-order valence-electron chi connectivity index (χ2n) is 16.9. The van der Waals surface area contributed by atoms with Crippen molar-refractivity contribution < 1.29 is 42.9 Å². The number of hydrogen-bond acceptors (Lipinski definition) is 10. The Morgan fingerprint density at radius 3 is 2.46 bits per heavy atom. The minimum Gasteiger partial charge on any atom is -0.480 e. The van der Waals surface area contributed by atoms with Crippen molar-refractivity contribution in [3.05, 3.63) is 34.4 Å². The Morgan fingerprint density at radius 2 is 1.76 bits per heavy atom. The number of carboxylic acids is 1. The molecule has 1 saturated heterocycles. The van der Waals surface area contributed by atoms with Gasteiger partial charge in [-0.2, -0.15) is 0 Å². The number of hydrogen-bond donors (Lipinski definition) is 4. The zero-order valence-electron chi connectivity index (χ0n) is 31.9. The molecule has 4 aliphatic carbocycles. The molecule has 2 heterocycles. The van der Waals surface area contributed by atoms with Gasteiger partial charge in [0.15, 0.2) is 5.96 Å². The van der Waals surface area contributed by atoms with Crippen LogP contribution in [0.25, 0.3) is 0 Å². The first kappa shape index (κ1) is 39.7. The number of amides is 1. The Labute approximate surface area is 316 Å². The number of unbranched alkanes of at least 4 members (excludes halogenated alkanes) is 3. The van der Waals surface area contributed by atoms with Gasteiger partial charge in [-0.3, -0.25) is 19.4 Å². The molecule has 6 N–H and O–H groups in total. The van der Waals surface area contributed by atoms with Gasteiger partial charge in [-0.05, 0) is 105 Å². The molecule has 1 aromatic heterocycles. The summed E-state index contributed by atoms with van der Waals surface area (Å²) >= 11 is 0. The lowest BCUT2D eigenvalue weighted by Gasteiger charge is -2.61. The quantitative estimate of drug-likeness (QED) is 0.0609. The number of guanidine groups is 1. The van der Waals surface area contributed by atoms with Crippen molar-refractivity contribution in [3.63, 3.8) is 0 Å². The molecule has 3 unspecified atom stereocenters. The van der Waals surface area contributed by atoms with Crippen LogP contribution < -0.4 is 22.4 Å². The summed E-state index contributed by atoms with van der Waals surface area (Å²) in [6, 6.07) is 2.39. The van der Waals surface area contributed by atoms with Crippen LogP contribution in [-0.2, 0) is 33.4 Å². The van der Waals surface area contributed by atoms with Crippen molar-refractivity contribution in [2.75, 3.05) is 6.54 Å². The number of carbonyl (C=O) groups excluding carboxylic acids is 3. The summed E-state index contributed by atoms with van der Waals surface area (Å²) < 4.78 is 23.8. The fraction of sp³-hybridized carbons (Fsp3) is 0.750. The molecule has 1 aliphatic heterocycles. The average molecular weight is 755 g/mol. The summed E-state index contributed by atoms with van der Waals surface area (Å²) in [6.45, 7) is 6.43. The van der Waals surface area contributed by atoms with Crippen molar-refractivity contribution in [1.82, 2.24) is 5.32 Å². The second kappa shape index (κ2) is 16.0. The Bertz CT molecular complexity index is 1660. The fourth-order valence-electron chi connectivity index (χ4n) is 11.4. The van der Waals surface area contributed by atoms with Gasteiger partial charge in [-0.25, -0.2) is 9.59 Å².